The molecule has 0 atom stereocenters. The van der Waals surface area contributed by atoms with Gasteiger partial charge in [0, 0.05) is 42.4 Å². The first-order valence-corrected chi connectivity index (χ1v) is 13.1. The van der Waals surface area contributed by atoms with Crippen molar-refractivity contribution in [3.8, 4) is 17.3 Å². The van der Waals surface area contributed by atoms with E-state index in [1.807, 2.05) is 43.3 Å². The number of nitriles is 1. The molecule has 1 aromatic heterocycles. The molecule has 1 saturated carbocycles. The molecule has 1 N–H and O–H groups in total. The average molecular weight is 483 g/mol. The van der Waals surface area contributed by atoms with Crippen molar-refractivity contribution in [1.82, 2.24) is 15.4 Å². The number of fused-ring (bicyclic) bond motifs is 1. The molecule has 5 rings (SSSR count). The first-order valence-electron chi connectivity index (χ1n) is 13.1. The van der Waals surface area contributed by atoms with E-state index in [2.05, 4.69) is 33.6 Å². The van der Waals surface area contributed by atoms with Crippen LogP contribution in [-0.2, 0) is 12.8 Å². The number of carbonyl (C=O) groups is 1. The highest BCUT2D eigenvalue weighted by Gasteiger charge is 2.34. The molecule has 6 heteroatoms. The Hall–Kier alpha value is -3.43. The van der Waals surface area contributed by atoms with Crippen molar-refractivity contribution in [3.63, 3.8) is 0 Å². The lowest BCUT2D eigenvalue weighted by molar-refractivity contribution is 0.0844. The van der Waals surface area contributed by atoms with Crippen LogP contribution in [0.3, 0.4) is 0 Å². The van der Waals surface area contributed by atoms with E-state index >= 15 is 0 Å². The number of hydrogen-bond acceptors (Lipinski definition) is 5. The fraction of sp³-hybridized carbons (Fsp3) is 0.433. The van der Waals surface area contributed by atoms with Crippen molar-refractivity contribution in [2.75, 3.05) is 19.6 Å². The Morgan fingerprint density at radius 1 is 1.08 bits per heavy atom. The summed E-state index contributed by atoms with van der Waals surface area (Å²) in [5.74, 6) is 0.745. The van der Waals surface area contributed by atoms with Crippen LogP contribution in [0.5, 0.6) is 0 Å². The van der Waals surface area contributed by atoms with Gasteiger partial charge in [-0.2, -0.15) is 5.26 Å². The van der Waals surface area contributed by atoms with Gasteiger partial charge in [0.1, 0.15) is 11.5 Å². The van der Waals surface area contributed by atoms with Crippen molar-refractivity contribution in [3.05, 3.63) is 76.5 Å². The molecule has 2 aliphatic rings. The van der Waals surface area contributed by atoms with Crippen LogP contribution in [-0.4, -0.2) is 41.1 Å². The molecular formula is C30H34N4O2. The summed E-state index contributed by atoms with van der Waals surface area (Å²) in [5, 5.41) is 16.8. The molecule has 0 unspecified atom stereocenters. The molecule has 6 nitrogen and oxygen atoms in total. The van der Waals surface area contributed by atoms with Gasteiger partial charge >= 0.3 is 0 Å². The van der Waals surface area contributed by atoms with E-state index in [0.717, 1.165) is 87.2 Å². The molecule has 1 fully saturated rings. The molecule has 1 amide bonds. The summed E-state index contributed by atoms with van der Waals surface area (Å²) in [7, 11) is 0. The number of nitrogens with one attached hydrogen (secondary N) is 1. The average Bonchev–Trinajstić information content (AvgIpc) is 3.24. The van der Waals surface area contributed by atoms with Crippen LogP contribution in [0.4, 0.5) is 0 Å². The van der Waals surface area contributed by atoms with Crippen LogP contribution < -0.4 is 5.32 Å². The Kier molecular flexibility index (Phi) is 7.20. The lowest BCUT2D eigenvalue weighted by Crippen LogP contribution is -2.51. The maximum atomic E-state index is 13.4. The number of nitrogens with zero attached hydrogens (tertiary/aromatic N) is 3. The van der Waals surface area contributed by atoms with Gasteiger partial charge in [-0.15, -0.1) is 0 Å². The second kappa shape index (κ2) is 10.7. The number of aromatic nitrogens is 1. The van der Waals surface area contributed by atoms with Crippen molar-refractivity contribution in [2.45, 2.75) is 63.8 Å². The first kappa shape index (κ1) is 24.3. The molecule has 0 spiro atoms. The fourth-order valence-corrected chi connectivity index (χ4v) is 5.74. The van der Waals surface area contributed by atoms with E-state index in [4.69, 9.17) is 4.52 Å². The second-order valence-electron chi connectivity index (χ2n) is 10.4. The number of benzene rings is 2. The molecule has 0 radical (unpaired) electrons. The monoisotopic (exact) mass is 482 g/mol. The Morgan fingerprint density at radius 3 is 2.64 bits per heavy atom. The Morgan fingerprint density at radius 2 is 1.89 bits per heavy atom. The molecule has 3 aromatic rings. The van der Waals surface area contributed by atoms with Gasteiger partial charge in [0.15, 0.2) is 0 Å². The summed E-state index contributed by atoms with van der Waals surface area (Å²) in [6.07, 6.45) is 8.54. The van der Waals surface area contributed by atoms with Crippen LogP contribution >= 0.6 is 0 Å². The van der Waals surface area contributed by atoms with Gasteiger partial charge in [-0.25, -0.2) is 0 Å². The molecule has 186 valence electrons. The molecule has 36 heavy (non-hydrogen) atoms. The van der Waals surface area contributed by atoms with Gasteiger partial charge in [-0.1, -0.05) is 42.6 Å². The second-order valence-corrected chi connectivity index (χ2v) is 10.4. The Balaban J connectivity index is 1.25. The van der Waals surface area contributed by atoms with Crippen molar-refractivity contribution < 1.29 is 9.32 Å². The van der Waals surface area contributed by atoms with Gasteiger partial charge in [0.05, 0.1) is 11.6 Å². The van der Waals surface area contributed by atoms with Gasteiger partial charge in [-0.05, 0) is 74.4 Å². The Bertz CT molecular complexity index is 1270. The van der Waals surface area contributed by atoms with E-state index in [-0.39, 0.29) is 11.4 Å². The van der Waals surface area contributed by atoms with E-state index in [1.54, 1.807) is 0 Å². The maximum Gasteiger partial charge on any atom is 0.251 e. The van der Waals surface area contributed by atoms with Crippen LogP contribution in [0, 0.1) is 18.3 Å². The third-order valence-corrected chi connectivity index (χ3v) is 7.87. The van der Waals surface area contributed by atoms with Gasteiger partial charge < -0.3 is 14.7 Å². The summed E-state index contributed by atoms with van der Waals surface area (Å²) >= 11 is 0. The molecular weight excluding hydrogens is 448 g/mol. The van der Waals surface area contributed by atoms with Gasteiger partial charge in [0.25, 0.3) is 5.91 Å². The molecule has 0 saturated heterocycles. The predicted octanol–water partition coefficient (Wildman–Crippen LogP) is 5.45. The molecule has 1 aliphatic carbocycles. The zero-order valence-electron chi connectivity index (χ0n) is 21.1. The molecule has 0 bridgehead atoms. The molecule has 2 heterocycles. The van der Waals surface area contributed by atoms with Gasteiger partial charge in [-0.3, -0.25) is 4.79 Å². The molecule has 2 aromatic carbocycles. The maximum absolute atomic E-state index is 13.4. The van der Waals surface area contributed by atoms with Crippen LogP contribution in [0.15, 0.2) is 53.1 Å². The first-order chi connectivity index (χ1) is 17.5. The summed E-state index contributed by atoms with van der Waals surface area (Å²) in [4.78, 5) is 16.0. The SMILES string of the molecule is Cc1cc(-c2cccc(C(=O)NC3(CCN4CCc5ccc(C#N)cc5CC4)CCCCC3)c2)no1. The number of rotatable bonds is 6. The highest BCUT2D eigenvalue weighted by molar-refractivity contribution is 5.95. The summed E-state index contributed by atoms with van der Waals surface area (Å²) < 4.78 is 5.22. The number of carbonyl (C=O) groups excluding carboxylic acids is 1. The normalized spacial score (nSPS) is 17.6. The highest BCUT2D eigenvalue weighted by atomic mass is 16.5. The highest BCUT2D eigenvalue weighted by Crippen LogP contribution is 2.32. The quantitative estimate of drug-likeness (QED) is 0.506. The van der Waals surface area contributed by atoms with Gasteiger partial charge in [0.2, 0.25) is 0 Å². The predicted molar refractivity (Wildman–Crippen MR) is 140 cm³/mol. The van der Waals surface area contributed by atoms with E-state index in [9.17, 15) is 10.1 Å². The number of amides is 1. The zero-order valence-corrected chi connectivity index (χ0v) is 21.1. The fourth-order valence-electron chi connectivity index (χ4n) is 5.74. The van der Waals surface area contributed by atoms with E-state index < -0.39 is 0 Å². The summed E-state index contributed by atoms with van der Waals surface area (Å²) in [6, 6.07) is 17.9. The topological polar surface area (TPSA) is 82.2 Å². The zero-order chi connectivity index (χ0) is 25.0. The number of hydrogen-bond donors (Lipinski definition) is 1. The number of aryl methyl sites for hydroxylation is 1. The van der Waals surface area contributed by atoms with E-state index in [1.165, 1.54) is 17.5 Å². The van der Waals surface area contributed by atoms with Crippen molar-refractivity contribution >= 4 is 5.91 Å². The summed E-state index contributed by atoms with van der Waals surface area (Å²) in [6.45, 7) is 4.84. The molecule has 1 aliphatic heterocycles. The minimum absolute atomic E-state index is 0.00808. The minimum Gasteiger partial charge on any atom is -0.361 e. The van der Waals surface area contributed by atoms with E-state index in [0.29, 0.717) is 5.56 Å². The van der Waals surface area contributed by atoms with Crippen molar-refractivity contribution in [1.29, 1.82) is 5.26 Å². The van der Waals surface area contributed by atoms with Crippen LogP contribution in [0.25, 0.3) is 11.3 Å². The minimum atomic E-state index is -0.164. The van der Waals surface area contributed by atoms with Crippen LogP contribution in [0.1, 0.15) is 71.3 Å². The lowest BCUT2D eigenvalue weighted by Gasteiger charge is -2.39. The summed E-state index contributed by atoms with van der Waals surface area (Å²) in [5.41, 5.74) is 5.55. The standard InChI is InChI=1S/C30H34N4O2/c1-22-18-28(33-36-22)26-6-5-7-27(20-26)29(35)32-30(12-3-2-4-13-30)14-17-34-15-10-24-9-8-23(21-31)19-25(24)11-16-34/h5-9,18-20H,2-4,10-17H2,1H3,(H,32,35). The third kappa shape index (κ3) is 5.52. The Labute approximate surface area is 213 Å². The largest absolute Gasteiger partial charge is 0.361 e. The van der Waals surface area contributed by atoms with Crippen molar-refractivity contribution in [2.24, 2.45) is 0 Å². The lowest BCUT2D eigenvalue weighted by atomic mass is 9.79. The third-order valence-electron chi connectivity index (χ3n) is 7.87. The smallest absolute Gasteiger partial charge is 0.251 e. The van der Waals surface area contributed by atoms with Crippen LogP contribution in [0.2, 0.25) is 0 Å².